The molecule has 0 aliphatic heterocycles. The molecule has 21 heavy (non-hydrogen) atoms. The van der Waals surface area contributed by atoms with E-state index in [0.29, 0.717) is 5.75 Å². The molecule has 0 saturated carbocycles. The van der Waals surface area contributed by atoms with Gasteiger partial charge < -0.3 is 10.5 Å². The van der Waals surface area contributed by atoms with Crippen molar-refractivity contribution in [1.82, 2.24) is 0 Å². The highest BCUT2D eigenvalue weighted by Gasteiger charge is 2.10. The van der Waals surface area contributed by atoms with Crippen LogP contribution in [0.4, 0.5) is 4.39 Å². The SMILES string of the molecule is C[C@H](N)c1cc(Br)ccc1OCc1ccc(F)c(C#N)c1. The molecule has 2 rings (SSSR count). The van der Waals surface area contributed by atoms with Gasteiger partial charge in [-0.05, 0) is 42.8 Å². The Morgan fingerprint density at radius 1 is 1.33 bits per heavy atom. The van der Waals surface area contributed by atoms with Crippen LogP contribution < -0.4 is 10.5 Å². The van der Waals surface area contributed by atoms with Crippen LogP contribution in [0.5, 0.6) is 5.75 Å². The highest BCUT2D eigenvalue weighted by molar-refractivity contribution is 9.10. The van der Waals surface area contributed by atoms with E-state index in [-0.39, 0.29) is 18.2 Å². The van der Waals surface area contributed by atoms with Crippen LogP contribution in [-0.4, -0.2) is 0 Å². The maximum absolute atomic E-state index is 13.3. The maximum Gasteiger partial charge on any atom is 0.140 e. The van der Waals surface area contributed by atoms with Gasteiger partial charge in [-0.25, -0.2) is 4.39 Å². The predicted octanol–water partition coefficient (Wildman–Crippen LogP) is 4.06. The van der Waals surface area contributed by atoms with Crippen LogP contribution in [0, 0.1) is 17.1 Å². The van der Waals surface area contributed by atoms with Gasteiger partial charge in [0.2, 0.25) is 0 Å². The second kappa shape index (κ2) is 6.70. The summed E-state index contributed by atoms with van der Waals surface area (Å²) in [6.45, 7) is 2.12. The molecule has 0 unspecified atom stereocenters. The molecule has 0 aliphatic carbocycles. The van der Waals surface area contributed by atoms with E-state index in [2.05, 4.69) is 15.9 Å². The second-order valence-corrected chi connectivity index (χ2v) is 5.60. The Balaban J connectivity index is 2.19. The molecule has 108 valence electrons. The molecular weight excluding hydrogens is 335 g/mol. The number of halogens is 2. The first-order valence-corrected chi connectivity index (χ1v) is 7.17. The molecule has 0 spiro atoms. The van der Waals surface area contributed by atoms with Crippen molar-refractivity contribution in [3.63, 3.8) is 0 Å². The predicted molar refractivity (Wildman–Crippen MR) is 82.2 cm³/mol. The summed E-state index contributed by atoms with van der Waals surface area (Å²) >= 11 is 3.40. The Kier molecular flexibility index (Phi) is 4.94. The summed E-state index contributed by atoms with van der Waals surface area (Å²) in [6.07, 6.45) is 0. The number of hydrogen-bond donors (Lipinski definition) is 1. The number of nitrogens with zero attached hydrogens (tertiary/aromatic N) is 1. The molecule has 0 heterocycles. The van der Waals surface area contributed by atoms with Crippen LogP contribution in [0.3, 0.4) is 0 Å². The molecule has 1 atom stereocenters. The van der Waals surface area contributed by atoms with Crippen LogP contribution in [0.25, 0.3) is 0 Å². The lowest BCUT2D eigenvalue weighted by molar-refractivity contribution is 0.301. The van der Waals surface area contributed by atoms with Crippen LogP contribution in [0.1, 0.15) is 29.7 Å². The first kappa shape index (κ1) is 15.5. The van der Waals surface area contributed by atoms with Gasteiger partial charge in [-0.2, -0.15) is 5.26 Å². The van der Waals surface area contributed by atoms with Gasteiger partial charge in [0.1, 0.15) is 24.2 Å². The summed E-state index contributed by atoms with van der Waals surface area (Å²) in [4.78, 5) is 0. The third-order valence-corrected chi connectivity index (χ3v) is 3.50. The van der Waals surface area contributed by atoms with Crippen LogP contribution in [0.2, 0.25) is 0 Å². The van der Waals surface area contributed by atoms with E-state index >= 15 is 0 Å². The third-order valence-electron chi connectivity index (χ3n) is 3.01. The molecule has 0 radical (unpaired) electrons. The molecule has 0 aromatic heterocycles. The lowest BCUT2D eigenvalue weighted by Crippen LogP contribution is -2.08. The molecule has 2 aromatic rings. The molecule has 2 aromatic carbocycles. The van der Waals surface area contributed by atoms with Gasteiger partial charge in [0.05, 0.1) is 5.56 Å². The Bertz CT molecular complexity index is 695. The summed E-state index contributed by atoms with van der Waals surface area (Å²) in [6, 6.07) is 11.6. The van der Waals surface area contributed by atoms with Crippen LogP contribution >= 0.6 is 15.9 Å². The quantitative estimate of drug-likeness (QED) is 0.906. The van der Waals surface area contributed by atoms with E-state index in [1.165, 1.54) is 12.1 Å². The highest BCUT2D eigenvalue weighted by Crippen LogP contribution is 2.28. The average Bonchev–Trinajstić information content (AvgIpc) is 2.47. The molecule has 5 heteroatoms. The molecule has 0 bridgehead atoms. The topological polar surface area (TPSA) is 59.0 Å². The smallest absolute Gasteiger partial charge is 0.140 e. The lowest BCUT2D eigenvalue weighted by Gasteiger charge is -2.14. The Morgan fingerprint density at radius 2 is 2.10 bits per heavy atom. The van der Waals surface area contributed by atoms with Gasteiger partial charge in [0.25, 0.3) is 0 Å². The molecule has 0 fully saturated rings. The van der Waals surface area contributed by atoms with E-state index in [1.54, 1.807) is 6.07 Å². The summed E-state index contributed by atoms with van der Waals surface area (Å²) in [5, 5.41) is 8.82. The second-order valence-electron chi connectivity index (χ2n) is 4.69. The lowest BCUT2D eigenvalue weighted by atomic mass is 10.1. The van der Waals surface area contributed by atoms with Crippen LogP contribution in [0.15, 0.2) is 40.9 Å². The van der Waals surface area contributed by atoms with Crippen molar-refractivity contribution in [3.8, 4) is 11.8 Å². The molecule has 2 N–H and O–H groups in total. The van der Waals surface area contributed by atoms with Crippen molar-refractivity contribution in [2.45, 2.75) is 19.6 Å². The minimum absolute atomic E-state index is 0.0133. The molecule has 0 amide bonds. The standard InChI is InChI=1S/C16H14BrFN2O/c1-10(20)14-7-13(17)3-5-16(14)21-9-11-2-4-15(18)12(6-11)8-19/h2-7,10H,9,20H2,1H3/t10-/m0/s1. The van der Waals surface area contributed by atoms with Gasteiger partial charge in [-0.1, -0.05) is 22.0 Å². The van der Waals surface area contributed by atoms with E-state index in [9.17, 15) is 4.39 Å². The van der Waals surface area contributed by atoms with E-state index < -0.39 is 5.82 Å². The molecule has 3 nitrogen and oxygen atoms in total. The number of ether oxygens (including phenoxy) is 1. The zero-order valence-corrected chi connectivity index (χ0v) is 13.0. The fourth-order valence-electron chi connectivity index (χ4n) is 1.92. The summed E-state index contributed by atoms with van der Waals surface area (Å²) < 4.78 is 19.9. The van der Waals surface area contributed by atoms with Crippen molar-refractivity contribution < 1.29 is 9.13 Å². The monoisotopic (exact) mass is 348 g/mol. The van der Waals surface area contributed by atoms with Crippen LogP contribution in [-0.2, 0) is 6.61 Å². The first-order chi connectivity index (χ1) is 10.0. The van der Waals surface area contributed by atoms with E-state index in [1.807, 2.05) is 31.2 Å². The van der Waals surface area contributed by atoms with Gasteiger partial charge in [0, 0.05) is 16.1 Å². The number of hydrogen-bond acceptors (Lipinski definition) is 3. The largest absolute Gasteiger partial charge is 0.489 e. The first-order valence-electron chi connectivity index (χ1n) is 6.37. The fourth-order valence-corrected chi connectivity index (χ4v) is 2.29. The number of nitrogens with two attached hydrogens (primary N) is 1. The summed E-state index contributed by atoms with van der Waals surface area (Å²) in [7, 11) is 0. The van der Waals surface area contributed by atoms with Gasteiger partial charge in [-0.15, -0.1) is 0 Å². The summed E-state index contributed by atoms with van der Waals surface area (Å²) in [5.41, 5.74) is 7.55. The maximum atomic E-state index is 13.3. The molecule has 0 saturated heterocycles. The van der Waals surface area contributed by atoms with Crippen molar-refractivity contribution in [2.75, 3.05) is 0 Å². The van der Waals surface area contributed by atoms with E-state index in [4.69, 9.17) is 15.7 Å². The van der Waals surface area contributed by atoms with Gasteiger partial charge in [0.15, 0.2) is 0 Å². The van der Waals surface area contributed by atoms with Gasteiger partial charge >= 0.3 is 0 Å². The molecule has 0 aliphatic rings. The van der Waals surface area contributed by atoms with Crippen molar-refractivity contribution >= 4 is 15.9 Å². The normalized spacial score (nSPS) is 11.8. The number of rotatable bonds is 4. The number of nitriles is 1. The average molecular weight is 349 g/mol. The molecular formula is C16H14BrFN2O. The minimum atomic E-state index is -0.527. The third kappa shape index (κ3) is 3.81. The Morgan fingerprint density at radius 3 is 2.76 bits per heavy atom. The summed E-state index contributed by atoms with van der Waals surface area (Å²) in [5.74, 6) is 0.150. The zero-order valence-electron chi connectivity index (χ0n) is 11.4. The van der Waals surface area contributed by atoms with E-state index in [0.717, 1.165) is 15.6 Å². The fraction of sp³-hybridized carbons (Fsp3) is 0.188. The zero-order chi connectivity index (χ0) is 15.4. The minimum Gasteiger partial charge on any atom is -0.489 e. The Labute approximate surface area is 131 Å². The van der Waals surface area contributed by atoms with Crippen molar-refractivity contribution in [2.24, 2.45) is 5.73 Å². The highest BCUT2D eigenvalue weighted by atomic mass is 79.9. The van der Waals surface area contributed by atoms with Crippen molar-refractivity contribution in [3.05, 3.63) is 63.4 Å². The van der Waals surface area contributed by atoms with Crippen molar-refractivity contribution in [1.29, 1.82) is 5.26 Å². The number of benzene rings is 2. The van der Waals surface area contributed by atoms with Gasteiger partial charge in [-0.3, -0.25) is 0 Å². The Hall–Kier alpha value is -1.90.